The summed E-state index contributed by atoms with van der Waals surface area (Å²) < 4.78 is 5.48. The summed E-state index contributed by atoms with van der Waals surface area (Å²) >= 11 is 0. The minimum absolute atomic E-state index is 0.236. The standard InChI is InChI=1S/C21H20O3/c1-11-13-9-6-10-16(24-3)17(13)12(2)19-18(11)20(22)14-7-4-5-8-15(14)21(19)23/h6,9-10,22-23H,1-2,4-5,7-8H2,3H3. The molecule has 4 rings (SSSR count). The second-order valence-electron chi connectivity index (χ2n) is 6.45. The Morgan fingerprint density at radius 3 is 2.04 bits per heavy atom. The molecule has 3 nitrogen and oxygen atoms in total. The summed E-state index contributed by atoms with van der Waals surface area (Å²) in [7, 11) is 1.62. The van der Waals surface area contributed by atoms with Gasteiger partial charge >= 0.3 is 0 Å². The number of ether oxygens (including phenoxy) is 1. The van der Waals surface area contributed by atoms with Gasteiger partial charge in [0.15, 0.2) is 0 Å². The van der Waals surface area contributed by atoms with Crippen molar-refractivity contribution < 1.29 is 14.9 Å². The Labute approximate surface area is 140 Å². The van der Waals surface area contributed by atoms with E-state index in [0.717, 1.165) is 47.6 Å². The van der Waals surface area contributed by atoms with E-state index >= 15 is 0 Å². The lowest BCUT2D eigenvalue weighted by Crippen LogP contribution is -2.16. The Morgan fingerprint density at radius 2 is 1.46 bits per heavy atom. The molecule has 0 atom stereocenters. The van der Waals surface area contributed by atoms with E-state index in [9.17, 15) is 10.2 Å². The van der Waals surface area contributed by atoms with E-state index in [0.29, 0.717) is 27.0 Å². The zero-order valence-electron chi connectivity index (χ0n) is 13.8. The molecule has 0 heterocycles. The molecule has 0 aliphatic heterocycles. The van der Waals surface area contributed by atoms with Crippen LogP contribution in [0.5, 0.6) is 17.2 Å². The number of methoxy groups -OCH3 is 1. The van der Waals surface area contributed by atoms with E-state index in [1.165, 1.54) is 0 Å². The molecular formula is C21H20O3. The van der Waals surface area contributed by atoms with Gasteiger partial charge in [0.1, 0.15) is 17.2 Å². The third kappa shape index (κ3) is 1.78. The predicted octanol–water partition coefficient (Wildman–Crippen LogP) is 3.11. The second-order valence-corrected chi connectivity index (χ2v) is 6.45. The monoisotopic (exact) mass is 320 g/mol. The number of phenolic OH excluding ortho intramolecular Hbond substituents is 2. The van der Waals surface area contributed by atoms with Crippen LogP contribution in [0, 0.1) is 0 Å². The molecule has 3 heteroatoms. The summed E-state index contributed by atoms with van der Waals surface area (Å²) in [6.07, 6.45) is 3.61. The van der Waals surface area contributed by atoms with Crippen LogP contribution in [0.25, 0.3) is 34.7 Å². The molecule has 0 aromatic heterocycles. The first-order valence-corrected chi connectivity index (χ1v) is 8.22. The quantitative estimate of drug-likeness (QED) is 0.535. The van der Waals surface area contributed by atoms with Gasteiger partial charge in [-0.15, -0.1) is 0 Å². The molecule has 0 saturated carbocycles. The van der Waals surface area contributed by atoms with Crippen LogP contribution in [0.1, 0.15) is 24.0 Å². The molecule has 24 heavy (non-hydrogen) atoms. The molecular weight excluding hydrogens is 300 g/mol. The molecule has 0 spiro atoms. The molecule has 122 valence electrons. The molecule has 3 aromatic rings. The van der Waals surface area contributed by atoms with Gasteiger partial charge in [0, 0.05) is 27.3 Å². The van der Waals surface area contributed by atoms with Crippen molar-refractivity contribution in [2.45, 2.75) is 25.7 Å². The summed E-state index contributed by atoms with van der Waals surface area (Å²) in [5, 5.41) is 26.1. The van der Waals surface area contributed by atoms with Gasteiger partial charge in [0.25, 0.3) is 0 Å². The van der Waals surface area contributed by atoms with E-state index in [1.807, 2.05) is 18.2 Å². The zero-order valence-corrected chi connectivity index (χ0v) is 13.8. The molecule has 0 saturated heterocycles. The summed E-state index contributed by atoms with van der Waals surface area (Å²) in [5.41, 5.74) is 1.71. The van der Waals surface area contributed by atoms with Crippen LogP contribution >= 0.6 is 0 Å². The van der Waals surface area contributed by atoms with Crippen LogP contribution < -0.4 is 15.2 Å². The van der Waals surface area contributed by atoms with E-state index in [4.69, 9.17) is 4.74 Å². The highest BCUT2D eigenvalue weighted by molar-refractivity contribution is 6.07. The fourth-order valence-corrected chi connectivity index (χ4v) is 4.08. The third-order valence-corrected chi connectivity index (χ3v) is 5.24. The van der Waals surface area contributed by atoms with Gasteiger partial charge in [-0.3, -0.25) is 0 Å². The predicted molar refractivity (Wildman–Crippen MR) is 98.3 cm³/mol. The zero-order chi connectivity index (χ0) is 17.0. The molecule has 3 aromatic carbocycles. The summed E-state index contributed by atoms with van der Waals surface area (Å²) in [5.74, 6) is 1.18. The minimum Gasteiger partial charge on any atom is -0.507 e. The minimum atomic E-state index is 0.236. The van der Waals surface area contributed by atoms with Crippen molar-refractivity contribution in [3.8, 4) is 17.2 Å². The summed E-state index contributed by atoms with van der Waals surface area (Å²) in [6.45, 7) is 8.39. The van der Waals surface area contributed by atoms with Gasteiger partial charge in [-0.05, 0) is 47.6 Å². The van der Waals surface area contributed by atoms with Gasteiger partial charge in [0.05, 0.1) is 7.11 Å². The van der Waals surface area contributed by atoms with E-state index in [2.05, 4.69) is 13.2 Å². The first-order chi connectivity index (χ1) is 11.6. The van der Waals surface area contributed by atoms with Crippen LogP contribution in [-0.2, 0) is 12.8 Å². The first kappa shape index (κ1) is 14.9. The van der Waals surface area contributed by atoms with E-state index in [1.54, 1.807) is 7.11 Å². The Kier molecular flexibility index (Phi) is 3.20. The van der Waals surface area contributed by atoms with Crippen molar-refractivity contribution in [2.75, 3.05) is 7.11 Å². The molecule has 0 fully saturated rings. The molecule has 0 amide bonds. The lowest BCUT2D eigenvalue weighted by atomic mass is 9.85. The molecule has 2 N–H and O–H groups in total. The maximum Gasteiger partial charge on any atom is 0.127 e. The Bertz CT molecular complexity index is 1100. The Balaban J connectivity index is 2.34. The van der Waals surface area contributed by atoms with Gasteiger partial charge in [-0.25, -0.2) is 0 Å². The van der Waals surface area contributed by atoms with Crippen LogP contribution in [0.15, 0.2) is 18.2 Å². The third-order valence-electron chi connectivity index (χ3n) is 5.24. The Morgan fingerprint density at radius 1 is 0.875 bits per heavy atom. The highest BCUT2D eigenvalue weighted by atomic mass is 16.5. The maximum absolute atomic E-state index is 10.9. The fraction of sp³-hybridized carbons (Fsp3) is 0.238. The summed E-state index contributed by atoms with van der Waals surface area (Å²) in [4.78, 5) is 0. The number of phenols is 2. The number of aromatic hydroxyl groups is 2. The number of hydrogen-bond donors (Lipinski definition) is 2. The van der Waals surface area contributed by atoms with Crippen molar-refractivity contribution in [1.29, 1.82) is 0 Å². The second kappa shape index (κ2) is 5.17. The number of rotatable bonds is 1. The molecule has 0 unspecified atom stereocenters. The van der Waals surface area contributed by atoms with Crippen LogP contribution in [-0.4, -0.2) is 17.3 Å². The molecule has 0 bridgehead atoms. The van der Waals surface area contributed by atoms with Crippen LogP contribution in [0.4, 0.5) is 0 Å². The van der Waals surface area contributed by atoms with E-state index < -0.39 is 0 Å². The van der Waals surface area contributed by atoms with Gasteiger partial charge in [-0.1, -0.05) is 25.3 Å². The average molecular weight is 320 g/mol. The fourth-order valence-electron chi connectivity index (χ4n) is 4.08. The van der Waals surface area contributed by atoms with Crippen molar-refractivity contribution >= 4 is 34.7 Å². The lowest BCUT2D eigenvalue weighted by molar-refractivity contribution is 0.419. The highest BCUT2D eigenvalue weighted by Gasteiger charge is 2.23. The van der Waals surface area contributed by atoms with E-state index in [-0.39, 0.29) is 11.5 Å². The number of fused-ring (bicyclic) bond motifs is 3. The lowest BCUT2D eigenvalue weighted by Gasteiger charge is -2.22. The van der Waals surface area contributed by atoms with Gasteiger partial charge in [0.2, 0.25) is 0 Å². The maximum atomic E-state index is 10.9. The topological polar surface area (TPSA) is 49.7 Å². The molecule has 1 aliphatic carbocycles. The van der Waals surface area contributed by atoms with Crippen molar-refractivity contribution in [1.82, 2.24) is 0 Å². The molecule has 0 radical (unpaired) electrons. The average Bonchev–Trinajstić information content (AvgIpc) is 2.62. The SMILES string of the molecule is C=c1c2cccc(OC)c2c(=C)c2c(O)c3c(c(O)c12)CCCC3. The van der Waals surface area contributed by atoms with Crippen LogP contribution in [0.3, 0.4) is 0 Å². The largest absolute Gasteiger partial charge is 0.507 e. The van der Waals surface area contributed by atoms with Gasteiger partial charge in [-0.2, -0.15) is 0 Å². The Hall–Kier alpha value is -2.68. The van der Waals surface area contributed by atoms with Crippen LogP contribution in [0.2, 0.25) is 0 Å². The summed E-state index contributed by atoms with van der Waals surface area (Å²) in [6, 6.07) is 5.72. The van der Waals surface area contributed by atoms with Crippen molar-refractivity contribution in [3.05, 3.63) is 39.8 Å². The molecule has 1 aliphatic rings. The van der Waals surface area contributed by atoms with Crippen molar-refractivity contribution in [2.24, 2.45) is 0 Å². The highest BCUT2D eigenvalue weighted by Crippen LogP contribution is 2.41. The number of benzene rings is 3. The first-order valence-electron chi connectivity index (χ1n) is 8.22. The number of hydrogen-bond acceptors (Lipinski definition) is 3. The van der Waals surface area contributed by atoms with Gasteiger partial charge < -0.3 is 14.9 Å². The van der Waals surface area contributed by atoms with Crippen molar-refractivity contribution in [3.63, 3.8) is 0 Å². The smallest absolute Gasteiger partial charge is 0.127 e. The normalized spacial score (nSPS) is 14.0.